The molecule has 4 heteroatoms. The van der Waals surface area contributed by atoms with Gasteiger partial charge in [-0.3, -0.25) is 0 Å². The molecule has 0 bridgehead atoms. The van der Waals surface area contributed by atoms with Gasteiger partial charge in [-0.1, -0.05) is 0 Å². The average molecular weight is 259 g/mol. The van der Waals surface area contributed by atoms with Gasteiger partial charge in [0.15, 0.2) is 0 Å². The second kappa shape index (κ2) is 5.45. The van der Waals surface area contributed by atoms with Crippen molar-refractivity contribution in [2.45, 2.75) is 27.2 Å². The van der Waals surface area contributed by atoms with Crippen LogP contribution in [0.3, 0.4) is 0 Å². The SMILES string of the molecule is COc1c(C)cc(-c2cnc(CCN)[nH]2)c(C)c1C. The number of hydrogen-bond donors (Lipinski definition) is 2. The number of H-pyrrole nitrogens is 1. The lowest BCUT2D eigenvalue weighted by molar-refractivity contribution is 0.408. The highest BCUT2D eigenvalue weighted by Gasteiger charge is 2.13. The number of benzene rings is 1. The molecule has 0 aliphatic carbocycles. The molecule has 0 unspecified atom stereocenters. The standard InChI is InChI=1S/C15H21N3O/c1-9-7-12(10(2)11(3)15(9)19-4)13-8-17-14(18-13)5-6-16/h7-8H,5-6,16H2,1-4H3,(H,17,18). The molecule has 0 aliphatic heterocycles. The topological polar surface area (TPSA) is 63.9 Å². The fourth-order valence-corrected chi connectivity index (χ4v) is 2.42. The van der Waals surface area contributed by atoms with E-state index in [1.807, 2.05) is 6.20 Å². The van der Waals surface area contributed by atoms with Crippen molar-refractivity contribution < 1.29 is 4.74 Å². The number of aryl methyl sites for hydroxylation is 1. The Kier molecular flexibility index (Phi) is 3.90. The smallest absolute Gasteiger partial charge is 0.124 e. The van der Waals surface area contributed by atoms with Crippen LogP contribution in [0.15, 0.2) is 12.3 Å². The molecule has 0 aliphatic rings. The summed E-state index contributed by atoms with van der Waals surface area (Å²) in [5.74, 6) is 1.89. The Morgan fingerprint density at radius 2 is 2.00 bits per heavy atom. The number of nitrogens with two attached hydrogens (primary N) is 1. The molecule has 4 nitrogen and oxygen atoms in total. The lowest BCUT2D eigenvalue weighted by atomic mass is 9.97. The lowest BCUT2D eigenvalue weighted by Crippen LogP contribution is -2.03. The Labute approximate surface area is 114 Å². The Bertz CT molecular complexity index is 587. The van der Waals surface area contributed by atoms with Crippen LogP contribution in [-0.4, -0.2) is 23.6 Å². The molecule has 0 saturated carbocycles. The predicted molar refractivity (Wildman–Crippen MR) is 77.5 cm³/mol. The molecule has 1 aromatic carbocycles. The highest BCUT2D eigenvalue weighted by molar-refractivity contribution is 5.68. The lowest BCUT2D eigenvalue weighted by Gasteiger charge is -2.14. The van der Waals surface area contributed by atoms with Gasteiger partial charge in [0.2, 0.25) is 0 Å². The van der Waals surface area contributed by atoms with Gasteiger partial charge >= 0.3 is 0 Å². The van der Waals surface area contributed by atoms with E-state index >= 15 is 0 Å². The van der Waals surface area contributed by atoms with E-state index in [9.17, 15) is 0 Å². The fraction of sp³-hybridized carbons (Fsp3) is 0.400. The van der Waals surface area contributed by atoms with Crippen molar-refractivity contribution >= 4 is 0 Å². The van der Waals surface area contributed by atoms with Gasteiger partial charge in [-0.25, -0.2) is 4.98 Å². The van der Waals surface area contributed by atoms with E-state index in [-0.39, 0.29) is 0 Å². The molecular weight excluding hydrogens is 238 g/mol. The number of nitrogens with one attached hydrogen (secondary N) is 1. The summed E-state index contributed by atoms with van der Waals surface area (Å²) in [4.78, 5) is 7.69. The van der Waals surface area contributed by atoms with E-state index in [1.54, 1.807) is 7.11 Å². The first kappa shape index (κ1) is 13.6. The van der Waals surface area contributed by atoms with Crippen LogP contribution < -0.4 is 10.5 Å². The second-order valence-electron chi connectivity index (χ2n) is 4.81. The fourth-order valence-electron chi connectivity index (χ4n) is 2.42. The zero-order chi connectivity index (χ0) is 14.0. The van der Waals surface area contributed by atoms with Crippen LogP contribution in [0, 0.1) is 20.8 Å². The van der Waals surface area contributed by atoms with Crippen molar-refractivity contribution in [3.8, 4) is 17.0 Å². The van der Waals surface area contributed by atoms with Crippen LogP contribution >= 0.6 is 0 Å². The number of methoxy groups -OCH3 is 1. The van der Waals surface area contributed by atoms with E-state index in [0.29, 0.717) is 6.54 Å². The maximum Gasteiger partial charge on any atom is 0.124 e. The number of rotatable bonds is 4. The summed E-state index contributed by atoms with van der Waals surface area (Å²) in [5, 5.41) is 0. The second-order valence-corrected chi connectivity index (χ2v) is 4.81. The highest BCUT2D eigenvalue weighted by Crippen LogP contribution is 2.33. The van der Waals surface area contributed by atoms with Crippen molar-refractivity contribution in [3.63, 3.8) is 0 Å². The van der Waals surface area contributed by atoms with Crippen LogP contribution in [0.25, 0.3) is 11.3 Å². The first-order valence-electron chi connectivity index (χ1n) is 6.47. The third-order valence-corrected chi connectivity index (χ3v) is 3.53. The molecule has 2 aromatic rings. The van der Waals surface area contributed by atoms with E-state index in [4.69, 9.17) is 10.5 Å². The molecule has 0 spiro atoms. The van der Waals surface area contributed by atoms with Crippen LogP contribution in [0.4, 0.5) is 0 Å². The summed E-state index contributed by atoms with van der Waals surface area (Å²) in [5.41, 5.74) is 11.3. The molecule has 0 amide bonds. The van der Waals surface area contributed by atoms with Gasteiger partial charge in [0.25, 0.3) is 0 Å². The van der Waals surface area contributed by atoms with Crippen molar-refractivity contribution in [2.75, 3.05) is 13.7 Å². The van der Waals surface area contributed by atoms with Crippen molar-refractivity contribution in [1.82, 2.24) is 9.97 Å². The minimum atomic E-state index is 0.604. The van der Waals surface area contributed by atoms with Gasteiger partial charge in [-0.2, -0.15) is 0 Å². The van der Waals surface area contributed by atoms with E-state index in [0.717, 1.165) is 29.3 Å². The minimum absolute atomic E-state index is 0.604. The highest BCUT2D eigenvalue weighted by atomic mass is 16.5. The van der Waals surface area contributed by atoms with Crippen molar-refractivity contribution in [3.05, 3.63) is 34.8 Å². The van der Waals surface area contributed by atoms with Crippen molar-refractivity contribution in [1.29, 1.82) is 0 Å². The number of aromatic amines is 1. The third kappa shape index (κ3) is 2.49. The van der Waals surface area contributed by atoms with Gasteiger partial charge in [0.1, 0.15) is 11.6 Å². The minimum Gasteiger partial charge on any atom is -0.496 e. The largest absolute Gasteiger partial charge is 0.496 e. The average Bonchev–Trinajstić information content (AvgIpc) is 2.83. The molecule has 1 aromatic heterocycles. The molecule has 0 fully saturated rings. The molecule has 102 valence electrons. The first-order chi connectivity index (χ1) is 9.08. The van der Waals surface area contributed by atoms with Gasteiger partial charge in [0.05, 0.1) is 19.0 Å². The maximum absolute atomic E-state index is 5.55. The Balaban J connectivity index is 2.50. The predicted octanol–water partition coefficient (Wildman–Crippen LogP) is 2.51. The monoisotopic (exact) mass is 259 g/mol. The Morgan fingerprint density at radius 3 is 2.63 bits per heavy atom. The van der Waals surface area contributed by atoms with Crippen molar-refractivity contribution in [2.24, 2.45) is 5.73 Å². The van der Waals surface area contributed by atoms with Crippen LogP contribution in [0.5, 0.6) is 5.75 Å². The molecular formula is C15H21N3O. The quantitative estimate of drug-likeness (QED) is 0.886. The Hall–Kier alpha value is -1.81. The molecule has 0 radical (unpaired) electrons. The molecule has 0 atom stereocenters. The summed E-state index contributed by atoms with van der Waals surface area (Å²) in [7, 11) is 1.71. The van der Waals surface area contributed by atoms with E-state index < -0.39 is 0 Å². The van der Waals surface area contributed by atoms with Crippen LogP contribution in [0.2, 0.25) is 0 Å². The zero-order valence-electron chi connectivity index (χ0n) is 12.0. The summed E-state index contributed by atoms with van der Waals surface area (Å²) >= 11 is 0. The molecule has 19 heavy (non-hydrogen) atoms. The number of aromatic nitrogens is 2. The number of imidazole rings is 1. The first-order valence-corrected chi connectivity index (χ1v) is 6.47. The van der Waals surface area contributed by atoms with E-state index in [1.165, 1.54) is 16.7 Å². The van der Waals surface area contributed by atoms with E-state index in [2.05, 4.69) is 36.8 Å². The summed E-state index contributed by atoms with van der Waals surface area (Å²) < 4.78 is 5.45. The van der Waals surface area contributed by atoms with Gasteiger partial charge in [-0.05, 0) is 50.1 Å². The van der Waals surface area contributed by atoms with Gasteiger partial charge in [0, 0.05) is 12.0 Å². The normalized spacial score (nSPS) is 10.8. The summed E-state index contributed by atoms with van der Waals surface area (Å²) in [6, 6.07) is 2.14. The molecule has 3 N–H and O–H groups in total. The Morgan fingerprint density at radius 1 is 1.26 bits per heavy atom. The zero-order valence-corrected chi connectivity index (χ0v) is 12.0. The molecule has 2 rings (SSSR count). The third-order valence-electron chi connectivity index (χ3n) is 3.53. The van der Waals surface area contributed by atoms with Gasteiger partial charge < -0.3 is 15.5 Å². The number of hydrogen-bond acceptors (Lipinski definition) is 3. The van der Waals surface area contributed by atoms with Gasteiger partial charge in [-0.15, -0.1) is 0 Å². The summed E-state index contributed by atoms with van der Waals surface area (Å²) in [6.45, 7) is 6.86. The maximum atomic E-state index is 5.55. The molecule has 0 saturated heterocycles. The van der Waals surface area contributed by atoms with Crippen LogP contribution in [-0.2, 0) is 6.42 Å². The number of ether oxygens (including phenoxy) is 1. The summed E-state index contributed by atoms with van der Waals surface area (Å²) in [6.07, 6.45) is 2.64. The number of nitrogens with zero attached hydrogens (tertiary/aromatic N) is 1. The van der Waals surface area contributed by atoms with Crippen LogP contribution in [0.1, 0.15) is 22.5 Å². The molecule has 1 heterocycles.